The van der Waals surface area contributed by atoms with Crippen molar-refractivity contribution in [2.75, 3.05) is 27.3 Å². The third-order valence-electron chi connectivity index (χ3n) is 3.52. The van der Waals surface area contributed by atoms with E-state index in [4.69, 9.17) is 9.47 Å². The molecule has 4 heteroatoms. The first-order valence-electron chi connectivity index (χ1n) is 6.81. The van der Waals surface area contributed by atoms with E-state index in [0.29, 0.717) is 12.1 Å². The summed E-state index contributed by atoms with van der Waals surface area (Å²) in [6.45, 7) is 7.52. The number of nitrogens with one attached hydrogen (secondary N) is 1. The van der Waals surface area contributed by atoms with Gasteiger partial charge in [0.15, 0.2) is 0 Å². The maximum atomic E-state index is 5.46. The van der Waals surface area contributed by atoms with Crippen molar-refractivity contribution in [2.45, 2.75) is 32.5 Å². The van der Waals surface area contributed by atoms with Gasteiger partial charge in [0.2, 0.25) is 0 Å². The van der Waals surface area contributed by atoms with E-state index in [2.05, 4.69) is 30.1 Å². The van der Waals surface area contributed by atoms with E-state index in [1.54, 1.807) is 14.2 Å². The van der Waals surface area contributed by atoms with Crippen molar-refractivity contribution in [3.63, 3.8) is 0 Å². The molecule has 0 aromatic heterocycles. The monoisotopic (exact) mass is 264 g/mol. The van der Waals surface area contributed by atoms with Crippen LogP contribution in [-0.2, 0) is 6.54 Å². The van der Waals surface area contributed by atoms with Gasteiger partial charge in [-0.3, -0.25) is 4.90 Å². The van der Waals surface area contributed by atoms with Crippen LogP contribution in [0.25, 0.3) is 0 Å². The number of rotatable bonds is 4. The molecule has 0 bridgehead atoms. The number of nitrogens with zero attached hydrogens (tertiary/aromatic N) is 1. The lowest BCUT2D eigenvalue weighted by molar-refractivity contribution is 0.165. The van der Waals surface area contributed by atoms with Crippen molar-refractivity contribution < 1.29 is 9.47 Å². The van der Waals surface area contributed by atoms with Crippen molar-refractivity contribution in [3.05, 3.63) is 23.8 Å². The second-order valence-corrected chi connectivity index (χ2v) is 5.34. The highest BCUT2D eigenvalue weighted by Gasteiger charge is 2.21. The van der Waals surface area contributed by atoms with Gasteiger partial charge in [0.25, 0.3) is 0 Å². The first-order chi connectivity index (χ1) is 9.12. The van der Waals surface area contributed by atoms with Crippen molar-refractivity contribution >= 4 is 0 Å². The lowest BCUT2D eigenvalue weighted by Gasteiger charge is -2.36. The van der Waals surface area contributed by atoms with Gasteiger partial charge in [0.1, 0.15) is 11.5 Å². The van der Waals surface area contributed by atoms with Crippen LogP contribution < -0.4 is 14.8 Å². The number of hydrogen-bond acceptors (Lipinski definition) is 4. The van der Waals surface area contributed by atoms with Crippen molar-refractivity contribution in [3.8, 4) is 11.5 Å². The van der Waals surface area contributed by atoms with Gasteiger partial charge >= 0.3 is 0 Å². The summed E-state index contributed by atoms with van der Waals surface area (Å²) in [5.74, 6) is 1.74. The summed E-state index contributed by atoms with van der Waals surface area (Å²) < 4.78 is 10.7. The van der Waals surface area contributed by atoms with E-state index in [1.807, 2.05) is 12.1 Å². The normalized spacial score (nSPS) is 24.2. The third kappa shape index (κ3) is 3.61. The molecule has 0 radical (unpaired) electrons. The quantitative estimate of drug-likeness (QED) is 0.900. The second kappa shape index (κ2) is 6.26. The Hall–Kier alpha value is -1.26. The zero-order chi connectivity index (χ0) is 13.8. The van der Waals surface area contributed by atoms with E-state index < -0.39 is 0 Å². The van der Waals surface area contributed by atoms with Gasteiger partial charge in [0.05, 0.1) is 14.2 Å². The van der Waals surface area contributed by atoms with Crippen molar-refractivity contribution in [1.29, 1.82) is 0 Å². The highest BCUT2D eigenvalue weighted by Crippen LogP contribution is 2.26. The molecule has 1 aliphatic heterocycles. The maximum Gasteiger partial charge on any atom is 0.127 e. The lowest BCUT2D eigenvalue weighted by Crippen LogP contribution is -2.53. The Morgan fingerprint density at radius 3 is 2.42 bits per heavy atom. The Morgan fingerprint density at radius 1 is 1.16 bits per heavy atom. The molecule has 2 unspecified atom stereocenters. The van der Waals surface area contributed by atoms with Crippen LogP contribution in [-0.4, -0.2) is 44.3 Å². The Balaban J connectivity index is 2.09. The topological polar surface area (TPSA) is 33.7 Å². The second-order valence-electron chi connectivity index (χ2n) is 5.34. The van der Waals surface area contributed by atoms with E-state index in [0.717, 1.165) is 31.1 Å². The molecular formula is C15H24N2O2. The molecule has 0 saturated carbocycles. The molecule has 19 heavy (non-hydrogen) atoms. The number of methoxy groups -OCH3 is 2. The van der Waals surface area contributed by atoms with Crippen LogP contribution in [0.15, 0.2) is 18.2 Å². The molecule has 106 valence electrons. The van der Waals surface area contributed by atoms with Crippen LogP contribution in [0, 0.1) is 0 Å². The van der Waals surface area contributed by atoms with E-state index >= 15 is 0 Å². The Kier molecular flexibility index (Phi) is 4.66. The van der Waals surface area contributed by atoms with Crippen LogP contribution in [0.2, 0.25) is 0 Å². The lowest BCUT2D eigenvalue weighted by atomic mass is 10.1. The smallest absolute Gasteiger partial charge is 0.127 e. The number of hydrogen-bond donors (Lipinski definition) is 1. The first-order valence-corrected chi connectivity index (χ1v) is 6.81. The summed E-state index contributed by atoms with van der Waals surface area (Å²) >= 11 is 0. The molecule has 0 amide bonds. The molecule has 0 spiro atoms. The van der Waals surface area contributed by atoms with Crippen LogP contribution in [0.1, 0.15) is 19.4 Å². The minimum atomic E-state index is 0.535. The van der Waals surface area contributed by atoms with Crippen LogP contribution in [0.4, 0.5) is 0 Å². The molecular weight excluding hydrogens is 240 g/mol. The Bertz CT molecular complexity index is 413. The largest absolute Gasteiger partial charge is 0.497 e. The van der Waals surface area contributed by atoms with Gasteiger partial charge in [-0.05, 0) is 19.9 Å². The molecule has 1 heterocycles. The summed E-state index contributed by atoms with van der Waals surface area (Å²) in [6, 6.07) is 7.10. The molecule has 1 N–H and O–H groups in total. The van der Waals surface area contributed by atoms with Gasteiger partial charge in [-0.25, -0.2) is 0 Å². The highest BCUT2D eigenvalue weighted by molar-refractivity contribution is 5.40. The minimum Gasteiger partial charge on any atom is -0.497 e. The molecule has 0 aliphatic carbocycles. The van der Waals surface area contributed by atoms with Gasteiger partial charge in [-0.15, -0.1) is 0 Å². The summed E-state index contributed by atoms with van der Waals surface area (Å²) in [5.41, 5.74) is 1.21. The molecule has 1 aromatic carbocycles. The highest BCUT2D eigenvalue weighted by atomic mass is 16.5. The van der Waals surface area contributed by atoms with Crippen LogP contribution in [0.5, 0.6) is 11.5 Å². The Labute approximate surface area is 115 Å². The molecule has 1 aliphatic rings. The first kappa shape index (κ1) is 14.2. The molecule has 1 aromatic rings. The van der Waals surface area contributed by atoms with E-state index in [1.165, 1.54) is 5.56 Å². The van der Waals surface area contributed by atoms with Crippen LogP contribution >= 0.6 is 0 Å². The van der Waals surface area contributed by atoms with Crippen molar-refractivity contribution in [2.24, 2.45) is 0 Å². The predicted octanol–water partition coefficient (Wildman–Crippen LogP) is 1.89. The summed E-state index contributed by atoms with van der Waals surface area (Å²) in [4.78, 5) is 2.47. The summed E-state index contributed by atoms with van der Waals surface area (Å²) in [7, 11) is 3.38. The third-order valence-corrected chi connectivity index (χ3v) is 3.52. The van der Waals surface area contributed by atoms with E-state index in [-0.39, 0.29) is 0 Å². The van der Waals surface area contributed by atoms with Gasteiger partial charge in [0, 0.05) is 43.3 Å². The Morgan fingerprint density at radius 2 is 1.84 bits per heavy atom. The van der Waals surface area contributed by atoms with Gasteiger partial charge < -0.3 is 14.8 Å². The fourth-order valence-electron chi connectivity index (χ4n) is 2.79. The zero-order valence-corrected chi connectivity index (χ0v) is 12.3. The average molecular weight is 264 g/mol. The number of benzene rings is 1. The van der Waals surface area contributed by atoms with E-state index in [9.17, 15) is 0 Å². The molecule has 2 atom stereocenters. The minimum absolute atomic E-state index is 0.535. The SMILES string of the molecule is COc1ccc(CN2CC(C)NC(C)C2)c(OC)c1. The van der Waals surface area contributed by atoms with Gasteiger partial charge in [-0.2, -0.15) is 0 Å². The average Bonchev–Trinajstić information content (AvgIpc) is 2.38. The number of piperazine rings is 1. The molecule has 2 rings (SSSR count). The fraction of sp³-hybridized carbons (Fsp3) is 0.600. The van der Waals surface area contributed by atoms with Crippen LogP contribution in [0.3, 0.4) is 0 Å². The molecule has 4 nitrogen and oxygen atoms in total. The standard InChI is InChI=1S/C15H24N2O2/c1-11-8-17(9-12(2)16-11)10-13-5-6-14(18-3)7-15(13)19-4/h5-7,11-12,16H,8-10H2,1-4H3. The van der Waals surface area contributed by atoms with Crippen molar-refractivity contribution in [1.82, 2.24) is 10.2 Å². The summed E-state index contributed by atoms with van der Waals surface area (Å²) in [6.07, 6.45) is 0. The number of ether oxygens (including phenoxy) is 2. The fourth-order valence-corrected chi connectivity index (χ4v) is 2.79. The molecule has 1 saturated heterocycles. The predicted molar refractivity (Wildman–Crippen MR) is 76.9 cm³/mol. The summed E-state index contributed by atoms with van der Waals surface area (Å²) in [5, 5.41) is 3.55. The zero-order valence-electron chi connectivity index (χ0n) is 12.3. The maximum absolute atomic E-state index is 5.46. The van der Waals surface area contributed by atoms with Gasteiger partial charge in [-0.1, -0.05) is 6.07 Å². The molecule has 1 fully saturated rings.